The number of aliphatic hydroxyl groups excluding tert-OH is 20. The largest absolute Gasteiger partial charge is 0.394 e. The van der Waals surface area contributed by atoms with Crippen LogP contribution < -0.4 is 10.6 Å². The van der Waals surface area contributed by atoms with Gasteiger partial charge in [0.2, 0.25) is 11.8 Å². The summed E-state index contributed by atoms with van der Waals surface area (Å²) in [7, 11) is 0. The maximum absolute atomic E-state index is 13.1. The van der Waals surface area contributed by atoms with Gasteiger partial charge in [-0.15, -0.1) is 0 Å². The van der Waals surface area contributed by atoms with E-state index < -0.39 is 266 Å². The second kappa shape index (κ2) is 29.3. The van der Waals surface area contributed by atoms with Crippen LogP contribution in [0.2, 0.25) is 0 Å². The maximum atomic E-state index is 13.1. The number of hydrogen-bond donors (Lipinski definition) is 22. The summed E-state index contributed by atoms with van der Waals surface area (Å²) in [5, 5.41) is 220. The van der Waals surface area contributed by atoms with E-state index in [0.29, 0.717) is 0 Å². The fourth-order valence-electron chi connectivity index (χ4n) is 10.6. The first-order chi connectivity index (χ1) is 39.2. The fraction of sp³-hybridized carbons (Fsp3) is 0.957. The number of ether oxygens (including phenoxy) is 13. The molecule has 0 bridgehead atoms. The van der Waals surface area contributed by atoms with Crippen LogP contribution >= 0.6 is 0 Å². The molecule has 7 rings (SSSR count). The van der Waals surface area contributed by atoms with Crippen LogP contribution in [0.15, 0.2) is 0 Å². The van der Waals surface area contributed by atoms with E-state index in [9.17, 15) is 112 Å². The number of hydrogen-bond acceptors (Lipinski definition) is 35. The van der Waals surface area contributed by atoms with Crippen LogP contribution in [0.1, 0.15) is 20.8 Å². The molecule has 7 aliphatic rings. The molecule has 482 valence electrons. The van der Waals surface area contributed by atoms with Crippen molar-refractivity contribution in [1.82, 2.24) is 10.6 Å². The Morgan fingerprint density at radius 3 is 1.23 bits per heavy atom. The fourth-order valence-corrected chi connectivity index (χ4v) is 10.6. The summed E-state index contributed by atoms with van der Waals surface area (Å²) in [6.45, 7) is -2.78. The molecule has 0 aromatic carbocycles. The van der Waals surface area contributed by atoms with Gasteiger partial charge < -0.3 is 174 Å². The number of aliphatic hydroxyl groups is 20. The van der Waals surface area contributed by atoms with Crippen LogP contribution in [0, 0.1) is 0 Å². The van der Waals surface area contributed by atoms with Crippen molar-refractivity contribution in [3.05, 3.63) is 0 Å². The third-order valence-corrected chi connectivity index (χ3v) is 15.3. The Hall–Kier alpha value is -2.38. The van der Waals surface area contributed by atoms with Crippen molar-refractivity contribution in [2.24, 2.45) is 0 Å². The molecule has 7 aliphatic heterocycles. The number of rotatable bonds is 20. The topological polar surface area (TPSA) is 583 Å². The molecular formula is C46H78N2O35. The van der Waals surface area contributed by atoms with E-state index in [1.54, 1.807) is 0 Å². The summed E-state index contributed by atoms with van der Waals surface area (Å²) in [6, 6.07) is -3.63. The van der Waals surface area contributed by atoms with Gasteiger partial charge in [-0.05, 0) is 6.92 Å². The molecule has 37 nitrogen and oxygen atoms in total. The number of nitrogens with one attached hydrogen (secondary N) is 2. The summed E-state index contributed by atoms with van der Waals surface area (Å²) in [4.78, 5) is 25.9. The van der Waals surface area contributed by atoms with Crippen LogP contribution in [0.25, 0.3) is 0 Å². The SMILES string of the molecule is CC(=O)N[C@H]1[C@H](OC[C@H]2O[C@@H](O[C@H]3[C@H](O)[C@@H](O)[C@H](O)O[C@@H]3CO)[C@H](O)[C@@H](O[C@@H]3O[C@H](CO)[C@@H](O)[C@H](O[C@@H]4O[C@H](CO)[C@H](O)[C@H](O)[C@H]4O)[C@H]3NC(C)=O)[C@H]2O)O[C@H](CO)[C@@H](O[C@@H]2O[C@H](CO)[C@H](O)[C@H](O)[C@H]2O)[C@@H]1O[C@@H]1O[C@@H](C)[C@@H](O)[C@@H](O)[C@@H]1O. The Bertz CT molecular complexity index is 2040. The van der Waals surface area contributed by atoms with Crippen LogP contribution in [-0.4, -0.2) is 368 Å². The predicted octanol–water partition coefficient (Wildman–Crippen LogP) is -15.0. The monoisotopic (exact) mass is 1220 g/mol. The number of carbonyl (C=O) groups excluding carboxylic acids is 2. The van der Waals surface area contributed by atoms with Gasteiger partial charge in [0, 0.05) is 13.8 Å². The minimum Gasteiger partial charge on any atom is -0.394 e. The second-order valence-corrected chi connectivity index (χ2v) is 21.1. The van der Waals surface area contributed by atoms with Gasteiger partial charge in [0.25, 0.3) is 0 Å². The molecule has 0 aromatic rings. The van der Waals surface area contributed by atoms with E-state index in [2.05, 4.69) is 10.6 Å². The second-order valence-electron chi connectivity index (χ2n) is 21.1. The maximum Gasteiger partial charge on any atom is 0.217 e. The van der Waals surface area contributed by atoms with Crippen LogP contribution in [-0.2, 0) is 71.2 Å². The molecule has 7 fully saturated rings. The molecule has 35 atom stereocenters. The van der Waals surface area contributed by atoms with E-state index in [0.717, 1.165) is 13.8 Å². The van der Waals surface area contributed by atoms with E-state index in [1.807, 2.05) is 0 Å². The zero-order chi connectivity index (χ0) is 61.2. The molecule has 0 unspecified atom stereocenters. The summed E-state index contributed by atoms with van der Waals surface area (Å²) in [6.07, 6.45) is -64.2. The van der Waals surface area contributed by atoms with Gasteiger partial charge in [0.05, 0.1) is 45.7 Å². The predicted molar refractivity (Wildman–Crippen MR) is 254 cm³/mol. The minimum absolute atomic E-state index is 0.886. The smallest absolute Gasteiger partial charge is 0.217 e. The first-order valence-electron chi connectivity index (χ1n) is 26.5. The van der Waals surface area contributed by atoms with Crippen molar-refractivity contribution in [2.45, 2.75) is 236 Å². The van der Waals surface area contributed by atoms with Crippen molar-refractivity contribution in [3.8, 4) is 0 Å². The molecule has 2 amide bonds. The van der Waals surface area contributed by atoms with Crippen LogP contribution in [0.5, 0.6) is 0 Å². The lowest BCUT2D eigenvalue weighted by Gasteiger charge is -2.51. The Labute approximate surface area is 470 Å². The van der Waals surface area contributed by atoms with Crippen molar-refractivity contribution < 1.29 is 173 Å². The van der Waals surface area contributed by atoms with Gasteiger partial charge in [-0.2, -0.15) is 0 Å². The Morgan fingerprint density at radius 2 is 0.711 bits per heavy atom. The quantitative estimate of drug-likeness (QED) is 0.0538. The van der Waals surface area contributed by atoms with E-state index in [4.69, 9.17) is 61.6 Å². The first-order valence-corrected chi connectivity index (χ1v) is 26.5. The van der Waals surface area contributed by atoms with Crippen LogP contribution in [0.4, 0.5) is 0 Å². The Kier molecular flexibility index (Phi) is 24.0. The number of amides is 2. The average molecular weight is 1220 g/mol. The highest BCUT2D eigenvalue weighted by Crippen LogP contribution is 2.38. The van der Waals surface area contributed by atoms with Gasteiger partial charge in [-0.1, -0.05) is 0 Å². The molecule has 37 heteroatoms. The molecule has 83 heavy (non-hydrogen) atoms. The highest BCUT2D eigenvalue weighted by atomic mass is 16.8. The van der Waals surface area contributed by atoms with Gasteiger partial charge in [0.1, 0.15) is 165 Å². The van der Waals surface area contributed by atoms with Gasteiger partial charge in [0.15, 0.2) is 44.0 Å². The van der Waals surface area contributed by atoms with E-state index in [-0.39, 0.29) is 0 Å². The molecular weight excluding hydrogens is 1140 g/mol. The normalized spacial score (nSPS) is 50.8. The zero-order valence-corrected chi connectivity index (χ0v) is 44.5. The van der Waals surface area contributed by atoms with Gasteiger partial charge in [-0.3, -0.25) is 9.59 Å². The molecule has 0 aromatic heterocycles. The Balaban J connectivity index is 1.24. The highest BCUT2D eigenvalue weighted by molar-refractivity contribution is 5.73. The lowest BCUT2D eigenvalue weighted by atomic mass is 9.94. The van der Waals surface area contributed by atoms with E-state index in [1.165, 1.54) is 6.92 Å². The summed E-state index contributed by atoms with van der Waals surface area (Å²) in [5.74, 6) is -1.78. The standard InChI is InChI=1S/C46H78N2O35/c1-10-21(56)26(61)31(66)43(72-10)82-38-20(48-12(3)55)41(77-17(8-53)36(38)80-44-32(67)27(62)22(57)13(4-49)75-44)71-9-18-25(60)39(34(69)46(78-18)79-35-16(7-52)73-40(70)30(65)29(35)64)83-42-19(47-11(2)54)37(24(59)15(6-51)74-42)81-45-33(68)28(63)23(58)14(5-50)76-45/h10,13-46,49-53,56-70H,4-9H2,1-3H3,(H,47,54)(H,48,55)/t10-,13+,14+,15+,16+,17+,18+,19+,20+,21+,22-,23-,24+,25-,26+,27-,28-,29+,30+,31-,32+,33+,34+,35+,36+,37+,38+,39-,40+,41+,42-,43-,44-,45-,46-/m0/s1. The molecule has 22 N–H and O–H groups in total. The highest BCUT2D eigenvalue weighted by Gasteiger charge is 2.59. The van der Waals surface area contributed by atoms with Crippen molar-refractivity contribution in [1.29, 1.82) is 0 Å². The van der Waals surface area contributed by atoms with Crippen molar-refractivity contribution >= 4 is 11.8 Å². The zero-order valence-electron chi connectivity index (χ0n) is 44.5. The van der Waals surface area contributed by atoms with E-state index >= 15 is 0 Å². The van der Waals surface area contributed by atoms with Crippen molar-refractivity contribution in [2.75, 3.05) is 39.6 Å². The lowest BCUT2D eigenvalue weighted by molar-refractivity contribution is -0.387. The minimum atomic E-state index is -2.34. The Morgan fingerprint density at radius 1 is 0.337 bits per heavy atom. The molecule has 0 saturated carbocycles. The van der Waals surface area contributed by atoms with Crippen molar-refractivity contribution in [3.63, 3.8) is 0 Å². The molecule has 7 heterocycles. The molecule has 0 spiro atoms. The molecule has 7 saturated heterocycles. The average Bonchev–Trinajstić information content (AvgIpc) is 3.58. The third-order valence-electron chi connectivity index (χ3n) is 15.3. The molecule has 0 aliphatic carbocycles. The van der Waals surface area contributed by atoms with Gasteiger partial charge in [-0.25, -0.2) is 0 Å². The molecule has 0 radical (unpaired) electrons. The summed E-state index contributed by atoms with van der Waals surface area (Å²) >= 11 is 0. The lowest BCUT2D eigenvalue weighted by Crippen LogP contribution is -2.70. The summed E-state index contributed by atoms with van der Waals surface area (Å²) in [5.41, 5.74) is 0. The summed E-state index contributed by atoms with van der Waals surface area (Å²) < 4.78 is 76.1. The third kappa shape index (κ3) is 14.7. The van der Waals surface area contributed by atoms with Gasteiger partial charge >= 0.3 is 0 Å². The first kappa shape index (κ1) is 68.1. The van der Waals surface area contributed by atoms with Crippen LogP contribution in [0.3, 0.4) is 0 Å². The number of carbonyl (C=O) groups is 2.